The van der Waals surface area contributed by atoms with E-state index in [0.29, 0.717) is 23.7 Å². The summed E-state index contributed by atoms with van der Waals surface area (Å²) in [5.41, 5.74) is 2.98. The summed E-state index contributed by atoms with van der Waals surface area (Å²) in [5, 5.41) is 12.5. The summed E-state index contributed by atoms with van der Waals surface area (Å²) in [6.45, 7) is 0.678. The highest BCUT2D eigenvalue weighted by molar-refractivity contribution is 6.30. The Bertz CT molecular complexity index is 684. The molecule has 0 amide bonds. The summed E-state index contributed by atoms with van der Waals surface area (Å²) in [4.78, 5) is 0. The van der Waals surface area contributed by atoms with Gasteiger partial charge in [-0.05, 0) is 35.4 Å². The fraction of sp³-hybridized carbons (Fsp3) is 0.125. The second-order valence-electron chi connectivity index (χ2n) is 4.82. The molecule has 102 valence electrons. The fourth-order valence-electron chi connectivity index (χ4n) is 2.50. The van der Waals surface area contributed by atoms with Crippen LogP contribution in [0.4, 0.5) is 4.39 Å². The van der Waals surface area contributed by atoms with Gasteiger partial charge >= 0.3 is 0 Å². The summed E-state index contributed by atoms with van der Waals surface area (Å²) in [7, 11) is 0. The summed E-state index contributed by atoms with van der Waals surface area (Å²) in [6, 6.07) is 12.0. The van der Waals surface area contributed by atoms with Crippen LogP contribution < -0.4 is 5.06 Å². The van der Waals surface area contributed by atoms with Gasteiger partial charge in [-0.25, -0.2) is 4.39 Å². The molecule has 0 fully saturated rings. The zero-order valence-corrected chi connectivity index (χ0v) is 11.5. The molecule has 0 spiro atoms. The molecule has 2 aromatic rings. The number of benzene rings is 2. The standard InChI is InChI=1S/C16H13ClFNO/c17-12-6-5-11-10-19(20)8-7-13(15(11)9-12)14-3-1-2-4-16(14)18/h1-7,9,19H,8,10H2. The lowest BCUT2D eigenvalue weighted by molar-refractivity contribution is -0.855. The largest absolute Gasteiger partial charge is 0.634 e. The van der Waals surface area contributed by atoms with Crippen molar-refractivity contribution in [2.45, 2.75) is 6.54 Å². The van der Waals surface area contributed by atoms with Gasteiger partial charge < -0.3 is 10.3 Å². The third-order valence-electron chi connectivity index (χ3n) is 3.45. The van der Waals surface area contributed by atoms with E-state index in [1.807, 2.05) is 6.07 Å². The first-order chi connectivity index (χ1) is 9.65. The van der Waals surface area contributed by atoms with Crippen LogP contribution in [-0.2, 0) is 6.54 Å². The maximum atomic E-state index is 14.0. The molecular formula is C16H13ClFNO. The number of hydroxylamine groups is 2. The monoisotopic (exact) mass is 289 g/mol. The minimum atomic E-state index is -0.293. The molecule has 0 saturated carbocycles. The van der Waals surface area contributed by atoms with E-state index < -0.39 is 0 Å². The van der Waals surface area contributed by atoms with Crippen molar-refractivity contribution in [3.8, 4) is 0 Å². The molecule has 2 aromatic carbocycles. The highest BCUT2D eigenvalue weighted by atomic mass is 35.5. The van der Waals surface area contributed by atoms with Crippen molar-refractivity contribution in [1.82, 2.24) is 0 Å². The molecule has 1 heterocycles. The molecule has 1 aliphatic heterocycles. The van der Waals surface area contributed by atoms with E-state index >= 15 is 0 Å². The van der Waals surface area contributed by atoms with Gasteiger partial charge in [0.1, 0.15) is 12.4 Å². The second-order valence-corrected chi connectivity index (χ2v) is 5.26. The highest BCUT2D eigenvalue weighted by Crippen LogP contribution is 2.30. The minimum Gasteiger partial charge on any atom is -0.634 e. The maximum Gasteiger partial charge on any atom is 0.131 e. The lowest BCUT2D eigenvalue weighted by atomic mass is 9.94. The molecule has 20 heavy (non-hydrogen) atoms. The number of hydrogen-bond acceptors (Lipinski definition) is 1. The predicted octanol–water partition coefficient (Wildman–Crippen LogP) is 2.81. The van der Waals surface area contributed by atoms with Gasteiger partial charge in [0, 0.05) is 16.1 Å². The van der Waals surface area contributed by atoms with Crippen molar-refractivity contribution in [2.75, 3.05) is 6.54 Å². The molecule has 3 rings (SSSR count). The average Bonchev–Trinajstić information content (AvgIpc) is 2.58. The Morgan fingerprint density at radius 2 is 1.90 bits per heavy atom. The average molecular weight is 290 g/mol. The van der Waals surface area contributed by atoms with Crippen LogP contribution in [0.1, 0.15) is 16.7 Å². The van der Waals surface area contributed by atoms with E-state index in [-0.39, 0.29) is 10.9 Å². The van der Waals surface area contributed by atoms with Gasteiger partial charge in [-0.2, -0.15) is 0 Å². The van der Waals surface area contributed by atoms with Gasteiger partial charge in [0.2, 0.25) is 0 Å². The molecule has 2 nitrogen and oxygen atoms in total. The van der Waals surface area contributed by atoms with Crippen LogP contribution in [-0.4, -0.2) is 6.54 Å². The molecule has 1 aliphatic rings. The molecule has 0 aliphatic carbocycles. The van der Waals surface area contributed by atoms with Crippen molar-refractivity contribution in [2.24, 2.45) is 0 Å². The zero-order valence-electron chi connectivity index (χ0n) is 10.7. The lowest BCUT2D eigenvalue weighted by Gasteiger charge is -2.19. The van der Waals surface area contributed by atoms with Crippen LogP contribution in [0, 0.1) is 11.0 Å². The number of hydrogen-bond donors (Lipinski definition) is 1. The summed E-state index contributed by atoms with van der Waals surface area (Å²) >= 11 is 6.05. The van der Waals surface area contributed by atoms with E-state index in [1.54, 1.807) is 36.4 Å². The first-order valence-electron chi connectivity index (χ1n) is 6.41. The molecule has 0 bridgehead atoms. The Kier molecular flexibility index (Phi) is 3.57. The lowest BCUT2D eigenvalue weighted by Crippen LogP contribution is -3.05. The molecule has 0 radical (unpaired) electrons. The van der Waals surface area contributed by atoms with Crippen LogP contribution >= 0.6 is 11.6 Å². The van der Waals surface area contributed by atoms with Gasteiger partial charge in [0.25, 0.3) is 0 Å². The molecule has 0 aromatic heterocycles. The second kappa shape index (κ2) is 5.37. The number of nitrogens with one attached hydrogen (secondary N) is 1. The van der Waals surface area contributed by atoms with E-state index in [0.717, 1.165) is 16.7 Å². The van der Waals surface area contributed by atoms with Crippen molar-refractivity contribution in [1.29, 1.82) is 0 Å². The molecular weight excluding hydrogens is 277 g/mol. The van der Waals surface area contributed by atoms with Crippen LogP contribution in [0.5, 0.6) is 0 Å². The summed E-state index contributed by atoms with van der Waals surface area (Å²) < 4.78 is 14.0. The maximum absolute atomic E-state index is 14.0. The van der Waals surface area contributed by atoms with Gasteiger partial charge in [-0.1, -0.05) is 35.9 Å². The van der Waals surface area contributed by atoms with Gasteiger partial charge in [0.15, 0.2) is 0 Å². The molecule has 1 N–H and O–H groups in total. The van der Waals surface area contributed by atoms with E-state index in [1.165, 1.54) is 6.07 Å². The Labute approximate surface area is 121 Å². The highest BCUT2D eigenvalue weighted by Gasteiger charge is 2.18. The third-order valence-corrected chi connectivity index (χ3v) is 3.68. The van der Waals surface area contributed by atoms with Crippen molar-refractivity contribution in [3.05, 3.63) is 81.3 Å². The normalized spacial score (nSPS) is 18.1. The van der Waals surface area contributed by atoms with E-state index in [2.05, 4.69) is 0 Å². The van der Waals surface area contributed by atoms with E-state index in [4.69, 9.17) is 11.6 Å². The number of quaternary nitrogens is 1. The van der Waals surface area contributed by atoms with Crippen molar-refractivity contribution >= 4 is 17.2 Å². The van der Waals surface area contributed by atoms with Gasteiger partial charge in [0.05, 0.1) is 6.54 Å². The van der Waals surface area contributed by atoms with Gasteiger partial charge in [-0.3, -0.25) is 0 Å². The molecule has 0 saturated heterocycles. The first-order valence-corrected chi connectivity index (χ1v) is 6.78. The van der Waals surface area contributed by atoms with Crippen LogP contribution in [0.2, 0.25) is 5.02 Å². The smallest absolute Gasteiger partial charge is 0.131 e. The number of halogens is 2. The Morgan fingerprint density at radius 1 is 1.10 bits per heavy atom. The van der Waals surface area contributed by atoms with Crippen LogP contribution in [0.3, 0.4) is 0 Å². The predicted molar refractivity (Wildman–Crippen MR) is 77.8 cm³/mol. The molecule has 1 unspecified atom stereocenters. The number of fused-ring (bicyclic) bond motifs is 1. The fourth-order valence-corrected chi connectivity index (χ4v) is 2.67. The Balaban J connectivity index is 2.21. The molecule has 4 heteroatoms. The Morgan fingerprint density at radius 3 is 2.70 bits per heavy atom. The zero-order chi connectivity index (χ0) is 14.1. The van der Waals surface area contributed by atoms with Crippen molar-refractivity contribution < 1.29 is 9.45 Å². The summed E-state index contributed by atoms with van der Waals surface area (Å²) in [5.74, 6) is -0.293. The van der Waals surface area contributed by atoms with Crippen LogP contribution in [0.15, 0.2) is 48.5 Å². The van der Waals surface area contributed by atoms with E-state index in [9.17, 15) is 9.60 Å². The minimum absolute atomic E-state index is 0.125. The van der Waals surface area contributed by atoms with Gasteiger partial charge in [-0.15, -0.1) is 0 Å². The topological polar surface area (TPSA) is 27.5 Å². The Hall–Kier alpha value is -1.68. The first kappa shape index (κ1) is 13.3. The molecule has 1 atom stereocenters. The van der Waals surface area contributed by atoms with Crippen LogP contribution in [0.25, 0.3) is 5.57 Å². The summed E-state index contributed by atoms with van der Waals surface area (Å²) in [6.07, 6.45) is 1.79. The third kappa shape index (κ3) is 2.48. The van der Waals surface area contributed by atoms with Crippen molar-refractivity contribution in [3.63, 3.8) is 0 Å². The number of rotatable bonds is 1. The quantitative estimate of drug-likeness (QED) is 0.803. The SMILES string of the molecule is [O-][NH+]1CC=C(c2ccccc2F)c2cc(Cl)ccc2C1.